The van der Waals surface area contributed by atoms with Gasteiger partial charge in [-0.3, -0.25) is 9.48 Å². The monoisotopic (exact) mass is 397 g/mol. The third-order valence-electron chi connectivity index (χ3n) is 4.16. The highest BCUT2D eigenvalue weighted by molar-refractivity contribution is 9.11. The second kappa shape index (κ2) is 6.45. The number of hydrogen-bond donors (Lipinski definition) is 1. The van der Waals surface area contributed by atoms with Crippen LogP contribution in [-0.4, -0.2) is 44.8 Å². The number of aromatic carboxylic acids is 1. The van der Waals surface area contributed by atoms with Crippen molar-refractivity contribution in [1.29, 1.82) is 0 Å². The maximum Gasteiger partial charge on any atom is 0.339 e. The van der Waals surface area contributed by atoms with E-state index < -0.39 is 5.97 Å². The van der Waals surface area contributed by atoms with Gasteiger partial charge in [0.25, 0.3) is 5.91 Å². The lowest BCUT2D eigenvalue weighted by Gasteiger charge is -2.32. The fraction of sp³-hybridized carbons (Fsp3) is 0.400. The van der Waals surface area contributed by atoms with Crippen molar-refractivity contribution in [2.75, 3.05) is 13.1 Å². The molecule has 0 radical (unpaired) electrons. The van der Waals surface area contributed by atoms with Crippen LogP contribution in [0.1, 0.15) is 44.6 Å². The summed E-state index contributed by atoms with van der Waals surface area (Å²) in [7, 11) is 0. The van der Waals surface area contributed by atoms with Gasteiger partial charge >= 0.3 is 5.97 Å². The highest BCUT2D eigenvalue weighted by Crippen LogP contribution is 2.28. The van der Waals surface area contributed by atoms with Crippen LogP contribution in [-0.2, 0) is 0 Å². The van der Waals surface area contributed by atoms with E-state index in [0.717, 1.165) is 21.5 Å². The summed E-state index contributed by atoms with van der Waals surface area (Å²) in [5.74, 6) is -0.896. The second-order valence-corrected chi connectivity index (χ2v) is 7.98. The Bertz CT molecular complexity index is 747. The number of hydrogen-bond acceptors (Lipinski definition) is 4. The number of aromatic nitrogens is 2. The average molecular weight is 398 g/mol. The van der Waals surface area contributed by atoms with Crippen molar-refractivity contribution in [2.45, 2.75) is 25.8 Å². The van der Waals surface area contributed by atoms with Gasteiger partial charge in [-0.15, -0.1) is 11.3 Å². The summed E-state index contributed by atoms with van der Waals surface area (Å²) >= 11 is 4.81. The molecule has 0 spiro atoms. The van der Waals surface area contributed by atoms with Gasteiger partial charge in [0.05, 0.1) is 26.6 Å². The standard InChI is InChI=1S/C15H16BrN3O3S/c1-9-11(15(21)22)8-17-19(9)10-4-6-18(7-5-10)14(20)12-2-3-13(16)23-12/h2-3,8,10H,4-7H2,1H3,(H,21,22). The third-order valence-corrected chi connectivity index (χ3v) is 5.77. The molecule has 1 aliphatic rings. The van der Waals surface area contributed by atoms with Crippen LogP contribution >= 0.6 is 27.3 Å². The van der Waals surface area contributed by atoms with E-state index in [1.165, 1.54) is 17.5 Å². The summed E-state index contributed by atoms with van der Waals surface area (Å²) in [5.41, 5.74) is 0.913. The fourth-order valence-corrected chi connectivity index (χ4v) is 4.25. The van der Waals surface area contributed by atoms with Crippen LogP contribution < -0.4 is 0 Å². The SMILES string of the molecule is Cc1c(C(=O)O)cnn1C1CCN(C(=O)c2ccc(Br)s2)CC1. The Labute approximate surface area is 145 Å². The van der Waals surface area contributed by atoms with E-state index in [1.807, 2.05) is 17.0 Å². The molecule has 1 amide bonds. The van der Waals surface area contributed by atoms with E-state index in [4.69, 9.17) is 5.11 Å². The van der Waals surface area contributed by atoms with Crippen molar-refractivity contribution in [3.63, 3.8) is 0 Å². The first-order valence-electron chi connectivity index (χ1n) is 7.29. The molecule has 0 aliphatic carbocycles. The predicted octanol–water partition coefficient (Wildman–Crippen LogP) is 3.19. The average Bonchev–Trinajstić information content (AvgIpc) is 3.13. The Morgan fingerprint density at radius 3 is 2.57 bits per heavy atom. The molecule has 6 nitrogen and oxygen atoms in total. The van der Waals surface area contributed by atoms with Gasteiger partial charge < -0.3 is 10.0 Å². The number of halogens is 1. The Hall–Kier alpha value is -1.67. The van der Waals surface area contributed by atoms with Gasteiger partial charge in [0.1, 0.15) is 5.56 Å². The summed E-state index contributed by atoms with van der Waals surface area (Å²) in [6.45, 7) is 3.08. The maximum absolute atomic E-state index is 12.4. The molecule has 3 rings (SSSR count). The van der Waals surface area contributed by atoms with Gasteiger partial charge in [-0.1, -0.05) is 0 Å². The van der Waals surface area contributed by atoms with E-state index in [9.17, 15) is 9.59 Å². The number of piperidine rings is 1. The van der Waals surface area contributed by atoms with Crippen LogP contribution in [0.25, 0.3) is 0 Å². The molecule has 8 heteroatoms. The quantitative estimate of drug-likeness (QED) is 0.862. The van der Waals surface area contributed by atoms with E-state index in [-0.39, 0.29) is 17.5 Å². The van der Waals surface area contributed by atoms with E-state index in [1.54, 1.807) is 11.6 Å². The van der Waals surface area contributed by atoms with Gasteiger partial charge in [-0.2, -0.15) is 5.10 Å². The number of amides is 1. The topological polar surface area (TPSA) is 75.4 Å². The van der Waals surface area contributed by atoms with Gasteiger partial charge in [0.15, 0.2) is 0 Å². The van der Waals surface area contributed by atoms with Crippen molar-refractivity contribution in [2.24, 2.45) is 0 Å². The fourth-order valence-electron chi connectivity index (χ4n) is 2.90. The molecule has 23 heavy (non-hydrogen) atoms. The Morgan fingerprint density at radius 1 is 1.35 bits per heavy atom. The Kier molecular flexibility index (Phi) is 4.54. The smallest absolute Gasteiger partial charge is 0.339 e. The highest BCUT2D eigenvalue weighted by atomic mass is 79.9. The largest absolute Gasteiger partial charge is 0.478 e. The minimum Gasteiger partial charge on any atom is -0.478 e. The zero-order valence-electron chi connectivity index (χ0n) is 12.5. The molecule has 1 fully saturated rings. The summed E-state index contributed by atoms with van der Waals surface area (Å²) < 4.78 is 2.73. The summed E-state index contributed by atoms with van der Waals surface area (Å²) in [6.07, 6.45) is 2.96. The lowest BCUT2D eigenvalue weighted by Crippen LogP contribution is -2.39. The first-order valence-corrected chi connectivity index (χ1v) is 8.90. The van der Waals surface area contributed by atoms with E-state index >= 15 is 0 Å². The molecule has 1 N–H and O–H groups in total. The van der Waals surface area contributed by atoms with Crippen LogP contribution in [0.5, 0.6) is 0 Å². The van der Waals surface area contributed by atoms with Crippen molar-refractivity contribution in [3.05, 3.63) is 38.3 Å². The molecule has 3 heterocycles. The molecule has 0 aromatic carbocycles. The number of carboxylic acid groups (broad SMARTS) is 1. The molecule has 1 aliphatic heterocycles. The minimum absolute atomic E-state index is 0.0579. The van der Waals surface area contributed by atoms with Crippen molar-refractivity contribution in [3.8, 4) is 0 Å². The van der Waals surface area contributed by atoms with Crippen LogP contribution in [0.2, 0.25) is 0 Å². The van der Waals surface area contributed by atoms with Gasteiger partial charge in [-0.25, -0.2) is 4.79 Å². The molecule has 1 saturated heterocycles. The molecule has 2 aromatic heterocycles. The number of likely N-dealkylation sites (tertiary alicyclic amines) is 1. The molecule has 0 saturated carbocycles. The van der Waals surface area contributed by atoms with Crippen LogP contribution in [0, 0.1) is 6.92 Å². The summed E-state index contributed by atoms with van der Waals surface area (Å²) in [5, 5.41) is 13.3. The molecular weight excluding hydrogens is 382 g/mol. The predicted molar refractivity (Wildman–Crippen MR) is 90.1 cm³/mol. The zero-order chi connectivity index (χ0) is 16.6. The molecule has 2 aromatic rings. The first kappa shape index (κ1) is 16.2. The minimum atomic E-state index is -0.954. The number of thiophene rings is 1. The number of carbonyl (C=O) groups is 2. The molecule has 0 unspecified atom stereocenters. The molecule has 0 atom stereocenters. The zero-order valence-corrected chi connectivity index (χ0v) is 14.9. The Balaban J connectivity index is 1.67. The third kappa shape index (κ3) is 3.18. The van der Waals surface area contributed by atoms with Crippen LogP contribution in [0.3, 0.4) is 0 Å². The number of carbonyl (C=O) groups excluding carboxylic acids is 1. The summed E-state index contributed by atoms with van der Waals surface area (Å²) in [4.78, 5) is 26.1. The number of nitrogens with zero attached hydrogens (tertiary/aromatic N) is 3. The van der Waals surface area contributed by atoms with Crippen molar-refractivity contribution < 1.29 is 14.7 Å². The van der Waals surface area contributed by atoms with Crippen molar-refractivity contribution in [1.82, 2.24) is 14.7 Å². The number of rotatable bonds is 3. The molecule has 0 bridgehead atoms. The normalized spacial score (nSPS) is 15.8. The Morgan fingerprint density at radius 2 is 2.04 bits per heavy atom. The van der Waals surface area contributed by atoms with E-state index in [0.29, 0.717) is 18.8 Å². The molecule has 122 valence electrons. The van der Waals surface area contributed by atoms with Crippen LogP contribution in [0.15, 0.2) is 22.1 Å². The van der Waals surface area contributed by atoms with Crippen LogP contribution in [0.4, 0.5) is 0 Å². The highest BCUT2D eigenvalue weighted by Gasteiger charge is 2.27. The van der Waals surface area contributed by atoms with Gasteiger partial charge in [0, 0.05) is 13.1 Å². The van der Waals surface area contributed by atoms with Gasteiger partial charge in [-0.05, 0) is 47.8 Å². The lowest BCUT2D eigenvalue weighted by molar-refractivity contribution is 0.0691. The number of carboxylic acids is 1. The maximum atomic E-state index is 12.4. The summed E-state index contributed by atoms with van der Waals surface area (Å²) in [6, 6.07) is 3.85. The van der Waals surface area contributed by atoms with Crippen molar-refractivity contribution >= 4 is 39.1 Å². The second-order valence-electron chi connectivity index (χ2n) is 5.52. The first-order chi connectivity index (χ1) is 11.0. The van der Waals surface area contributed by atoms with Gasteiger partial charge in [0.2, 0.25) is 0 Å². The van der Waals surface area contributed by atoms with E-state index in [2.05, 4.69) is 21.0 Å². The molecular formula is C15H16BrN3O3S. The lowest BCUT2D eigenvalue weighted by atomic mass is 10.0.